The molecule has 0 aliphatic rings. The summed E-state index contributed by atoms with van der Waals surface area (Å²) in [5, 5.41) is 13.7. The van der Waals surface area contributed by atoms with Gasteiger partial charge in [0.2, 0.25) is 5.82 Å². The number of nitrogens with zero attached hydrogens (tertiary/aromatic N) is 2. The summed E-state index contributed by atoms with van der Waals surface area (Å²) in [6.07, 6.45) is -4.51. The number of benzene rings is 1. The first-order valence-corrected chi connectivity index (χ1v) is 7.70. The number of hydrogen-bond acceptors (Lipinski definition) is 5. The number of aldehydes is 1. The Kier molecular flexibility index (Phi) is 5.73. The zero-order chi connectivity index (χ0) is 18.6. The van der Waals surface area contributed by atoms with Gasteiger partial charge in [0.15, 0.2) is 0 Å². The molecule has 0 aliphatic carbocycles. The molecule has 1 aromatic heterocycles. The van der Waals surface area contributed by atoms with Crippen molar-refractivity contribution in [1.82, 2.24) is 4.98 Å². The zero-order valence-electron chi connectivity index (χ0n) is 12.5. The first kappa shape index (κ1) is 18.8. The normalized spacial score (nSPS) is 12.5. The largest absolute Gasteiger partial charge is 0.416 e. The van der Waals surface area contributed by atoms with Crippen molar-refractivity contribution in [3.8, 4) is 0 Å². The predicted molar refractivity (Wildman–Crippen MR) is 87.1 cm³/mol. The highest BCUT2D eigenvalue weighted by Crippen LogP contribution is 2.37. The molecule has 25 heavy (non-hydrogen) atoms. The smallest absolute Gasteiger partial charge is 0.357 e. The summed E-state index contributed by atoms with van der Waals surface area (Å²) in [4.78, 5) is 25.2. The number of pyridine rings is 1. The third-order valence-electron chi connectivity index (χ3n) is 3.32. The van der Waals surface area contributed by atoms with Gasteiger partial charge in [-0.25, -0.2) is 4.98 Å². The Balaban J connectivity index is 2.50. The van der Waals surface area contributed by atoms with E-state index in [1.54, 1.807) is 0 Å². The molecule has 0 radical (unpaired) electrons. The lowest BCUT2D eigenvalue weighted by Gasteiger charge is -2.21. The fourth-order valence-corrected chi connectivity index (χ4v) is 2.57. The van der Waals surface area contributed by atoms with E-state index in [1.165, 1.54) is 24.3 Å². The maximum absolute atomic E-state index is 13.2. The Morgan fingerprint density at radius 2 is 1.96 bits per heavy atom. The second kappa shape index (κ2) is 7.60. The fourth-order valence-electron chi connectivity index (χ4n) is 2.27. The molecule has 0 spiro atoms. The van der Waals surface area contributed by atoms with Crippen LogP contribution in [-0.4, -0.2) is 16.2 Å². The SMILES string of the molecule is O=CCC(Nc1nc(Br)ccc1[N+](=O)[O-])c1ccccc1C(F)(F)F. The van der Waals surface area contributed by atoms with Gasteiger partial charge < -0.3 is 10.1 Å². The Bertz CT molecular complexity index is 799. The third-order valence-corrected chi connectivity index (χ3v) is 3.76. The molecule has 0 saturated carbocycles. The molecular formula is C15H11BrF3N3O3. The van der Waals surface area contributed by atoms with E-state index in [4.69, 9.17) is 0 Å². The van der Waals surface area contributed by atoms with Gasteiger partial charge in [-0.2, -0.15) is 13.2 Å². The monoisotopic (exact) mass is 417 g/mol. The van der Waals surface area contributed by atoms with Crippen molar-refractivity contribution in [2.45, 2.75) is 18.6 Å². The lowest BCUT2D eigenvalue weighted by molar-refractivity contribution is -0.384. The Hall–Kier alpha value is -2.49. The maximum Gasteiger partial charge on any atom is 0.416 e. The summed E-state index contributed by atoms with van der Waals surface area (Å²) >= 11 is 3.05. The van der Waals surface area contributed by atoms with Gasteiger partial charge in [0, 0.05) is 12.5 Å². The van der Waals surface area contributed by atoms with Gasteiger partial charge in [0.05, 0.1) is 16.5 Å². The predicted octanol–water partition coefficient (Wildman–Crippen LogP) is 4.51. The van der Waals surface area contributed by atoms with Crippen molar-refractivity contribution >= 4 is 33.7 Å². The van der Waals surface area contributed by atoms with Crippen LogP contribution in [0.25, 0.3) is 0 Å². The molecule has 1 atom stereocenters. The molecule has 1 aromatic carbocycles. The van der Waals surface area contributed by atoms with Gasteiger partial charge in [-0.05, 0) is 33.6 Å². The Labute approximate surface area is 148 Å². The average Bonchev–Trinajstić information content (AvgIpc) is 2.53. The summed E-state index contributed by atoms with van der Waals surface area (Å²) in [6, 6.07) is 6.09. The van der Waals surface area contributed by atoms with Crippen LogP contribution in [0.15, 0.2) is 41.0 Å². The van der Waals surface area contributed by atoms with E-state index < -0.39 is 28.4 Å². The molecule has 1 heterocycles. The van der Waals surface area contributed by atoms with Crippen molar-refractivity contribution in [2.75, 3.05) is 5.32 Å². The Morgan fingerprint density at radius 3 is 2.56 bits per heavy atom. The summed E-state index contributed by atoms with van der Waals surface area (Å²) in [7, 11) is 0. The Morgan fingerprint density at radius 1 is 1.28 bits per heavy atom. The molecule has 0 amide bonds. The van der Waals surface area contributed by atoms with Crippen molar-refractivity contribution in [1.29, 1.82) is 0 Å². The van der Waals surface area contributed by atoms with E-state index in [0.29, 0.717) is 6.29 Å². The van der Waals surface area contributed by atoms with Crippen molar-refractivity contribution in [3.05, 3.63) is 62.2 Å². The number of carbonyl (C=O) groups is 1. The lowest BCUT2D eigenvalue weighted by Crippen LogP contribution is -2.19. The highest BCUT2D eigenvalue weighted by Gasteiger charge is 2.35. The quantitative estimate of drug-likeness (QED) is 0.323. The summed E-state index contributed by atoms with van der Waals surface area (Å²) in [5.74, 6) is -0.233. The van der Waals surface area contributed by atoms with Crippen LogP contribution >= 0.6 is 15.9 Å². The minimum absolute atomic E-state index is 0.196. The maximum atomic E-state index is 13.2. The lowest BCUT2D eigenvalue weighted by atomic mass is 9.97. The number of rotatable bonds is 6. The number of halogens is 4. The topological polar surface area (TPSA) is 85.1 Å². The van der Waals surface area contributed by atoms with E-state index in [0.717, 1.165) is 12.1 Å². The molecule has 0 aliphatic heterocycles. The van der Waals surface area contributed by atoms with Crippen molar-refractivity contribution in [2.24, 2.45) is 0 Å². The first-order chi connectivity index (χ1) is 11.7. The van der Waals surface area contributed by atoms with Gasteiger partial charge in [-0.15, -0.1) is 0 Å². The van der Waals surface area contributed by atoms with Gasteiger partial charge >= 0.3 is 11.9 Å². The average molecular weight is 418 g/mol. The number of anilines is 1. The summed E-state index contributed by atoms with van der Waals surface area (Å²) < 4.78 is 39.9. The van der Waals surface area contributed by atoms with E-state index in [1.807, 2.05) is 0 Å². The number of alkyl halides is 3. The highest BCUT2D eigenvalue weighted by molar-refractivity contribution is 9.10. The summed E-state index contributed by atoms with van der Waals surface area (Å²) in [5.41, 5.74) is -1.53. The van der Waals surface area contributed by atoms with Crippen LogP contribution < -0.4 is 5.32 Å². The van der Waals surface area contributed by atoms with Gasteiger partial charge in [0.1, 0.15) is 10.9 Å². The van der Waals surface area contributed by atoms with Crippen LogP contribution in [0.2, 0.25) is 0 Å². The molecular weight excluding hydrogens is 407 g/mol. The zero-order valence-corrected chi connectivity index (χ0v) is 14.0. The number of carbonyl (C=O) groups excluding carboxylic acids is 1. The van der Waals surface area contributed by atoms with Gasteiger partial charge in [-0.1, -0.05) is 18.2 Å². The van der Waals surface area contributed by atoms with Crippen molar-refractivity contribution in [3.63, 3.8) is 0 Å². The minimum Gasteiger partial charge on any atom is -0.357 e. The van der Waals surface area contributed by atoms with Crippen LogP contribution in [0.5, 0.6) is 0 Å². The number of aromatic nitrogens is 1. The second-order valence-electron chi connectivity index (χ2n) is 4.94. The van der Waals surface area contributed by atoms with Crippen molar-refractivity contribution < 1.29 is 22.9 Å². The van der Waals surface area contributed by atoms with Crippen LogP contribution in [0.3, 0.4) is 0 Å². The van der Waals surface area contributed by atoms with Crippen LogP contribution in [0.1, 0.15) is 23.6 Å². The van der Waals surface area contributed by atoms with E-state index >= 15 is 0 Å². The van der Waals surface area contributed by atoms with Gasteiger partial charge in [0.25, 0.3) is 0 Å². The molecule has 132 valence electrons. The van der Waals surface area contributed by atoms with Crippen LogP contribution in [-0.2, 0) is 11.0 Å². The molecule has 1 unspecified atom stereocenters. The van der Waals surface area contributed by atoms with E-state index in [2.05, 4.69) is 26.2 Å². The molecule has 6 nitrogen and oxygen atoms in total. The fraction of sp³-hybridized carbons (Fsp3) is 0.200. The molecule has 0 fully saturated rings. The first-order valence-electron chi connectivity index (χ1n) is 6.91. The second-order valence-corrected chi connectivity index (χ2v) is 5.76. The number of nitro groups is 1. The van der Waals surface area contributed by atoms with Crippen LogP contribution in [0.4, 0.5) is 24.7 Å². The minimum atomic E-state index is -4.63. The third kappa shape index (κ3) is 4.53. The molecule has 2 aromatic rings. The van der Waals surface area contributed by atoms with Crippen LogP contribution in [0, 0.1) is 10.1 Å². The molecule has 2 rings (SSSR count). The van der Waals surface area contributed by atoms with E-state index in [9.17, 15) is 28.1 Å². The van der Waals surface area contributed by atoms with E-state index in [-0.39, 0.29) is 22.4 Å². The molecule has 1 N–H and O–H groups in total. The van der Waals surface area contributed by atoms with Gasteiger partial charge in [-0.3, -0.25) is 10.1 Å². The number of hydrogen-bond donors (Lipinski definition) is 1. The summed E-state index contributed by atoms with van der Waals surface area (Å²) in [6.45, 7) is 0. The highest BCUT2D eigenvalue weighted by atomic mass is 79.9. The standard InChI is InChI=1S/C15H11BrF3N3O3/c16-13-6-5-12(22(24)25)14(21-13)20-11(7-8-23)9-3-1-2-4-10(9)15(17,18)19/h1-6,8,11H,7H2,(H,20,21). The molecule has 10 heteroatoms. The molecule has 0 saturated heterocycles. The molecule has 0 bridgehead atoms. The number of nitrogens with one attached hydrogen (secondary N) is 1.